The van der Waals surface area contributed by atoms with Crippen LogP contribution >= 0.6 is 0 Å². The van der Waals surface area contributed by atoms with Crippen molar-refractivity contribution in [1.29, 1.82) is 0 Å². The number of sulfonamides is 1. The molecule has 25 heavy (non-hydrogen) atoms. The van der Waals surface area contributed by atoms with Gasteiger partial charge in [-0.05, 0) is 42.8 Å². The van der Waals surface area contributed by atoms with Gasteiger partial charge in [0, 0.05) is 16.9 Å². The van der Waals surface area contributed by atoms with Crippen LogP contribution in [0, 0.1) is 0 Å². The van der Waals surface area contributed by atoms with Gasteiger partial charge in [0.25, 0.3) is 5.91 Å². The lowest BCUT2D eigenvalue weighted by Crippen LogP contribution is -2.16. The summed E-state index contributed by atoms with van der Waals surface area (Å²) in [7, 11) is -3.41. The highest BCUT2D eigenvalue weighted by Crippen LogP contribution is 2.15. The second-order valence-electron chi connectivity index (χ2n) is 5.38. The van der Waals surface area contributed by atoms with Crippen LogP contribution < -0.4 is 15.8 Å². The summed E-state index contributed by atoms with van der Waals surface area (Å²) in [6, 6.07) is 12.9. The minimum absolute atomic E-state index is 0.0545. The lowest BCUT2D eigenvalue weighted by atomic mass is 10.1. The Balaban J connectivity index is 2.09. The third-order valence-corrected chi connectivity index (χ3v) is 4.68. The number of amides is 2. The number of benzene rings is 2. The maximum absolute atomic E-state index is 12.3. The standard InChI is InChI=1S/C17H19N3O4S/c1-2-25(23,24)20-15-5-3-4-13(11-15)17(22)19-14-8-6-12(7-9-14)10-16(18)21/h3-9,11,20H,2,10H2,1H3,(H2,18,21)(H,19,22). The SMILES string of the molecule is CCS(=O)(=O)Nc1cccc(C(=O)Nc2ccc(CC(N)=O)cc2)c1. The van der Waals surface area contributed by atoms with Crippen LogP contribution in [0.5, 0.6) is 0 Å². The highest BCUT2D eigenvalue weighted by Gasteiger charge is 2.10. The first kappa shape index (κ1) is 18.5. The van der Waals surface area contributed by atoms with Crippen molar-refractivity contribution in [3.63, 3.8) is 0 Å². The molecule has 0 radical (unpaired) electrons. The minimum atomic E-state index is -3.41. The van der Waals surface area contributed by atoms with E-state index in [1.165, 1.54) is 13.0 Å². The Morgan fingerprint density at radius 3 is 2.32 bits per heavy atom. The molecular weight excluding hydrogens is 342 g/mol. The summed E-state index contributed by atoms with van der Waals surface area (Å²) in [6.45, 7) is 1.53. The number of carbonyl (C=O) groups is 2. The van der Waals surface area contributed by atoms with Crippen molar-refractivity contribution >= 4 is 33.2 Å². The van der Waals surface area contributed by atoms with Crippen molar-refractivity contribution in [3.8, 4) is 0 Å². The predicted octanol–water partition coefficient (Wildman–Crippen LogP) is 1.73. The maximum Gasteiger partial charge on any atom is 0.255 e. The molecule has 0 spiro atoms. The van der Waals surface area contributed by atoms with Crippen LogP contribution in [0.25, 0.3) is 0 Å². The van der Waals surface area contributed by atoms with Gasteiger partial charge in [0.05, 0.1) is 12.2 Å². The van der Waals surface area contributed by atoms with Crippen LogP contribution in [-0.2, 0) is 21.2 Å². The van der Waals surface area contributed by atoms with Gasteiger partial charge in [0.15, 0.2) is 0 Å². The molecule has 0 aromatic heterocycles. The van der Waals surface area contributed by atoms with Crippen molar-refractivity contribution in [2.75, 3.05) is 15.8 Å². The first-order valence-electron chi connectivity index (χ1n) is 7.58. The van der Waals surface area contributed by atoms with Crippen molar-refractivity contribution in [1.82, 2.24) is 0 Å². The van der Waals surface area contributed by atoms with Gasteiger partial charge in [-0.3, -0.25) is 14.3 Å². The number of primary amides is 1. The molecule has 2 rings (SSSR count). The normalized spacial score (nSPS) is 10.9. The molecule has 7 nitrogen and oxygen atoms in total. The van der Waals surface area contributed by atoms with E-state index in [1.807, 2.05) is 0 Å². The van der Waals surface area contributed by atoms with E-state index in [4.69, 9.17) is 5.73 Å². The molecule has 0 saturated heterocycles. The Morgan fingerprint density at radius 2 is 1.72 bits per heavy atom. The summed E-state index contributed by atoms with van der Waals surface area (Å²) in [6.07, 6.45) is 0.133. The smallest absolute Gasteiger partial charge is 0.255 e. The third kappa shape index (κ3) is 5.61. The van der Waals surface area contributed by atoms with E-state index in [1.54, 1.807) is 42.5 Å². The van der Waals surface area contributed by atoms with Crippen molar-refractivity contribution in [3.05, 3.63) is 59.7 Å². The molecule has 132 valence electrons. The van der Waals surface area contributed by atoms with Gasteiger partial charge >= 0.3 is 0 Å². The van der Waals surface area contributed by atoms with Crippen LogP contribution in [0.4, 0.5) is 11.4 Å². The molecule has 0 saturated carbocycles. The molecule has 0 unspecified atom stereocenters. The molecule has 0 heterocycles. The largest absolute Gasteiger partial charge is 0.369 e. The molecule has 0 atom stereocenters. The zero-order valence-electron chi connectivity index (χ0n) is 13.7. The van der Waals surface area contributed by atoms with Gasteiger partial charge in [-0.2, -0.15) is 0 Å². The average molecular weight is 361 g/mol. The molecule has 8 heteroatoms. The molecule has 2 aromatic carbocycles. The third-order valence-electron chi connectivity index (χ3n) is 3.37. The van der Waals surface area contributed by atoms with E-state index in [-0.39, 0.29) is 18.1 Å². The zero-order chi connectivity index (χ0) is 18.4. The fourth-order valence-electron chi connectivity index (χ4n) is 2.09. The van der Waals surface area contributed by atoms with Crippen molar-refractivity contribution in [2.24, 2.45) is 5.73 Å². The second kappa shape index (κ2) is 7.80. The van der Waals surface area contributed by atoms with E-state index in [9.17, 15) is 18.0 Å². The topological polar surface area (TPSA) is 118 Å². The predicted molar refractivity (Wildman–Crippen MR) is 96.8 cm³/mol. The average Bonchev–Trinajstić information content (AvgIpc) is 2.56. The minimum Gasteiger partial charge on any atom is -0.369 e. The summed E-state index contributed by atoms with van der Waals surface area (Å²) < 4.78 is 25.6. The van der Waals surface area contributed by atoms with Crippen LogP contribution in [0.3, 0.4) is 0 Å². The monoisotopic (exact) mass is 361 g/mol. The lowest BCUT2D eigenvalue weighted by Gasteiger charge is -2.09. The molecule has 0 aliphatic rings. The summed E-state index contributed by atoms with van der Waals surface area (Å²) in [4.78, 5) is 23.2. The summed E-state index contributed by atoms with van der Waals surface area (Å²) in [5, 5.41) is 2.71. The Bertz CT molecular complexity index is 877. The molecule has 2 amide bonds. The van der Waals surface area contributed by atoms with E-state index >= 15 is 0 Å². The van der Waals surface area contributed by atoms with E-state index in [2.05, 4.69) is 10.0 Å². The Labute approximate surface area is 146 Å². The van der Waals surface area contributed by atoms with Gasteiger partial charge in [-0.25, -0.2) is 8.42 Å². The van der Waals surface area contributed by atoms with E-state index in [0.29, 0.717) is 16.9 Å². The number of nitrogens with one attached hydrogen (secondary N) is 2. The maximum atomic E-state index is 12.3. The van der Waals surface area contributed by atoms with Crippen molar-refractivity contribution in [2.45, 2.75) is 13.3 Å². The fraction of sp³-hybridized carbons (Fsp3) is 0.176. The fourth-order valence-corrected chi connectivity index (χ4v) is 2.72. The summed E-state index contributed by atoms with van der Waals surface area (Å²) in [5.74, 6) is -0.857. The number of hydrogen-bond acceptors (Lipinski definition) is 4. The Kier molecular flexibility index (Phi) is 5.76. The number of carbonyl (C=O) groups excluding carboxylic acids is 2. The van der Waals surface area contributed by atoms with Crippen molar-refractivity contribution < 1.29 is 18.0 Å². The molecule has 2 aromatic rings. The summed E-state index contributed by atoms with van der Waals surface area (Å²) >= 11 is 0. The Hall–Kier alpha value is -2.87. The van der Waals surface area contributed by atoms with Gasteiger partial charge in [0.1, 0.15) is 0 Å². The molecule has 0 fully saturated rings. The summed E-state index contributed by atoms with van der Waals surface area (Å²) in [5.41, 5.74) is 7.08. The highest BCUT2D eigenvalue weighted by atomic mass is 32.2. The molecule has 0 aliphatic heterocycles. The van der Waals surface area contributed by atoms with E-state index in [0.717, 1.165) is 5.56 Å². The van der Waals surface area contributed by atoms with Gasteiger partial charge in [-0.1, -0.05) is 18.2 Å². The van der Waals surface area contributed by atoms with Gasteiger partial charge in [0.2, 0.25) is 15.9 Å². The molecular formula is C17H19N3O4S. The van der Waals surface area contributed by atoms with Crippen LogP contribution in [0.15, 0.2) is 48.5 Å². The number of anilines is 2. The van der Waals surface area contributed by atoms with E-state index < -0.39 is 15.9 Å². The van der Waals surface area contributed by atoms with Gasteiger partial charge < -0.3 is 11.1 Å². The highest BCUT2D eigenvalue weighted by molar-refractivity contribution is 7.92. The Morgan fingerprint density at radius 1 is 1.04 bits per heavy atom. The first-order chi connectivity index (χ1) is 11.8. The molecule has 0 aliphatic carbocycles. The van der Waals surface area contributed by atoms with Crippen LogP contribution in [0.1, 0.15) is 22.8 Å². The molecule has 0 bridgehead atoms. The number of rotatable bonds is 7. The molecule has 4 N–H and O–H groups in total. The van der Waals surface area contributed by atoms with Crippen LogP contribution in [0.2, 0.25) is 0 Å². The first-order valence-corrected chi connectivity index (χ1v) is 9.23. The quantitative estimate of drug-likeness (QED) is 0.696. The second-order valence-corrected chi connectivity index (χ2v) is 7.39. The lowest BCUT2D eigenvalue weighted by molar-refractivity contribution is -0.117. The number of hydrogen-bond donors (Lipinski definition) is 3. The zero-order valence-corrected chi connectivity index (χ0v) is 14.5. The van der Waals surface area contributed by atoms with Gasteiger partial charge in [-0.15, -0.1) is 0 Å². The van der Waals surface area contributed by atoms with Crippen LogP contribution in [-0.4, -0.2) is 26.0 Å². The number of nitrogens with two attached hydrogens (primary N) is 1.